The van der Waals surface area contributed by atoms with Crippen LogP contribution in [0.25, 0.3) is 0 Å². The number of rotatable bonds is 5. The van der Waals surface area contributed by atoms with E-state index in [0.29, 0.717) is 12.1 Å². The van der Waals surface area contributed by atoms with Crippen LogP contribution >= 0.6 is 11.6 Å². The Bertz CT molecular complexity index is 992. The summed E-state index contributed by atoms with van der Waals surface area (Å²) in [5, 5.41) is 3.53. The normalized spacial score (nSPS) is 13.6. The molecule has 0 N–H and O–H groups in total. The molecule has 0 spiro atoms. The fourth-order valence-electron chi connectivity index (χ4n) is 2.76. The fourth-order valence-corrected chi connectivity index (χ4v) is 2.93. The van der Waals surface area contributed by atoms with Crippen LogP contribution in [0.4, 0.5) is 39.5 Å². The second-order valence-corrected chi connectivity index (χ2v) is 7.40. The van der Waals surface area contributed by atoms with E-state index in [2.05, 4.69) is 5.16 Å². The van der Waals surface area contributed by atoms with Gasteiger partial charge in [-0.25, -0.2) is 0 Å². The lowest BCUT2D eigenvalue weighted by Crippen LogP contribution is -2.18. The average Bonchev–Trinajstić information content (AvgIpc) is 2.62. The molecule has 0 aliphatic rings. The standard InChI is InChI=1S/C20H15ClF9NO/c1-10(2)17(14-8-13(21)5-6-15(14)19(25,26)27)31-32-9-11-3-4-12(18(22,23)24)7-16(11)20(28,29)30/h3-8,10H,9H2,1-2H3. The predicted molar refractivity (Wildman–Crippen MR) is 99.1 cm³/mol. The van der Waals surface area contributed by atoms with E-state index in [0.717, 1.165) is 18.2 Å². The van der Waals surface area contributed by atoms with Gasteiger partial charge >= 0.3 is 18.5 Å². The van der Waals surface area contributed by atoms with Gasteiger partial charge in [0, 0.05) is 16.1 Å². The molecule has 0 radical (unpaired) electrons. The van der Waals surface area contributed by atoms with E-state index in [4.69, 9.17) is 16.4 Å². The van der Waals surface area contributed by atoms with Gasteiger partial charge in [-0.3, -0.25) is 0 Å². The molecule has 2 rings (SSSR count). The van der Waals surface area contributed by atoms with Gasteiger partial charge in [0.1, 0.15) is 6.61 Å². The van der Waals surface area contributed by atoms with E-state index in [9.17, 15) is 39.5 Å². The number of halogens is 10. The molecule has 2 aromatic carbocycles. The minimum atomic E-state index is -5.12. The summed E-state index contributed by atoms with van der Waals surface area (Å²) in [4.78, 5) is 4.86. The molecule has 2 aromatic rings. The number of oxime groups is 1. The van der Waals surface area contributed by atoms with E-state index >= 15 is 0 Å². The van der Waals surface area contributed by atoms with Gasteiger partial charge in [0.05, 0.1) is 22.4 Å². The highest BCUT2D eigenvalue weighted by Crippen LogP contribution is 2.38. The summed E-state index contributed by atoms with van der Waals surface area (Å²) in [6, 6.07) is 3.70. The van der Waals surface area contributed by atoms with Gasteiger partial charge in [0.25, 0.3) is 0 Å². The van der Waals surface area contributed by atoms with Gasteiger partial charge in [0.15, 0.2) is 0 Å². The monoisotopic (exact) mass is 491 g/mol. The third-order valence-electron chi connectivity index (χ3n) is 4.24. The Hall–Kier alpha value is -2.43. The van der Waals surface area contributed by atoms with Crippen LogP contribution in [-0.2, 0) is 30.0 Å². The molecular weight excluding hydrogens is 477 g/mol. The Labute approximate surface area is 181 Å². The Morgan fingerprint density at radius 1 is 0.844 bits per heavy atom. The van der Waals surface area contributed by atoms with Crippen LogP contribution in [0.3, 0.4) is 0 Å². The van der Waals surface area contributed by atoms with Crippen LogP contribution in [0.15, 0.2) is 41.6 Å². The quantitative estimate of drug-likeness (QED) is 0.236. The lowest BCUT2D eigenvalue weighted by Gasteiger charge is -2.18. The Balaban J connectivity index is 2.44. The zero-order valence-corrected chi connectivity index (χ0v) is 17.1. The molecule has 0 fully saturated rings. The first-order chi connectivity index (χ1) is 14.5. The molecule has 0 saturated heterocycles. The van der Waals surface area contributed by atoms with Gasteiger partial charge in [-0.15, -0.1) is 0 Å². The van der Waals surface area contributed by atoms with Crippen molar-refractivity contribution in [3.05, 3.63) is 69.2 Å². The fraction of sp³-hybridized carbons (Fsp3) is 0.350. The maximum atomic E-state index is 13.4. The van der Waals surface area contributed by atoms with Crippen molar-refractivity contribution in [1.29, 1.82) is 0 Å². The van der Waals surface area contributed by atoms with Crippen molar-refractivity contribution in [2.75, 3.05) is 0 Å². The van der Waals surface area contributed by atoms with Crippen molar-refractivity contribution in [2.45, 2.75) is 39.0 Å². The van der Waals surface area contributed by atoms with Gasteiger partial charge in [-0.2, -0.15) is 39.5 Å². The lowest BCUT2D eigenvalue weighted by molar-refractivity contribution is -0.144. The van der Waals surface area contributed by atoms with Gasteiger partial charge in [-0.1, -0.05) is 36.7 Å². The molecule has 0 atom stereocenters. The Morgan fingerprint density at radius 3 is 1.94 bits per heavy atom. The second kappa shape index (κ2) is 9.21. The highest BCUT2D eigenvalue weighted by atomic mass is 35.5. The van der Waals surface area contributed by atoms with Crippen molar-refractivity contribution >= 4 is 17.3 Å². The van der Waals surface area contributed by atoms with E-state index in [-0.39, 0.29) is 16.8 Å². The Morgan fingerprint density at radius 2 is 1.44 bits per heavy atom. The molecule has 0 amide bonds. The molecule has 2 nitrogen and oxygen atoms in total. The maximum absolute atomic E-state index is 13.4. The number of alkyl halides is 9. The molecule has 0 aromatic heterocycles. The molecule has 176 valence electrons. The summed E-state index contributed by atoms with van der Waals surface area (Å²) in [5.74, 6) is -0.663. The summed E-state index contributed by atoms with van der Waals surface area (Å²) in [5.41, 5.74) is -5.52. The summed E-state index contributed by atoms with van der Waals surface area (Å²) in [6.45, 7) is 2.02. The van der Waals surface area contributed by atoms with Crippen molar-refractivity contribution < 1.29 is 44.4 Å². The minimum Gasteiger partial charge on any atom is -0.391 e. The van der Waals surface area contributed by atoms with Crippen LogP contribution in [0.5, 0.6) is 0 Å². The third-order valence-corrected chi connectivity index (χ3v) is 4.47. The van der Waals surface area contributed by atoms with Crippen molar-refractivity contribution in [3.8, 4) is 0 Å². The SMILES string of the molecule is CC(C)C(=NOCc1ccc(C(F)(F)F)cc1C(F)(F)F)c1cc(Cl)ccc1C(F)(F)F. The summed E-state index contributed by atoms with van der Waals surface area (Å²) in [7, 11) is 0. The first kappa shape index (κ1) is 25.8. The summed E-state index contributed by atoms with van der Waals surface area (Å²) < 4.78 is 118. The van der Waals surface area contributed by atoms with Crippen LogP contribution in [0.2, 0.25) is 5.02 Å². The smallest absolute Gasteiger partial charge is 0.391 e. The zero-order valence-electron chi connectivity index (χ0n) is 16.4. The Kier molecular flexibility index (Phi) is 7.43. The topological polar surface area (TPSA) is 21.6 Å². The van der Waals surface area contributed by atoms with Gasteiger partial charge in [-0.05, 0) is 36.2 Å². The van der Waals surface area contributed by atoms with Crippen molar-refractivity contribution in [1.82, 2.24) is 0 Å². The first-order valence-corrected chi connectivity index (χ1v) is 9.24. The molecule has 32 heavy (non-hydrogen) atoms. The lowest BCUT2D eigenvalue weighted by atomic mass is 9.95. The average molecular weight is 492 g/mol. The number of benzene rings is 2. The maximum Gasteiger partial charge on any atom is 0.417 e. The number of hydrogen-bond donors (Lipinski definition) is 0. The zero-order chi connectivity index (χ0) is 24.5. The van der Waals surface area contributed by atoms with Crippen LogP contribution < -0.4 is 0 Å². The minimum absolute atomic E-state index is 0.0385. The predicted octanol–water partition coefficient (Wildman–Crippen LogP) is 7.97. The number of nitrogens with zero attached hydrogens (tertiary/aromatic N) is 1. The van der Waals surface area contributed by atoms with E-state index in [1.165, 1.54) is 13.8 Å². The highest BCUT2D eigenvalue weighted by Gasteiger charge is 2.38. The van der Waals surface area contributed by atoms with Crippen LogP contribution in [0.1, 0.15) is 41.7 Å². The van der Waals surface area contributed by atoms with E-state index in [1.54, 1.807) is 0 Å². The molecule has 0 aliphatic heterocycles. The van der Waals surface area contributed by atoms with E-state index in [1.807, 2.05) is 0 Å². The molecule has 12 heteroatoms. The molecular formula is C20H15ClF9NO. The van der Waals surface area contributed by atoms with Gasteiger partial charge < -0.3 is 4.84 Å². The first-order valence-electron chi connectivity index (χ1n) is 8.86. The van der Waals surface area contributed by atoms with Crippen molar-refractivity contribution in [2.24, 2.45) is 11.1 Å². The molecule has 0 saturated carbocycles. The molecule has 0 heterocycles. The molecule has 0 aliphatic carbocycles. The van der Waals surface area contributed by atoms with Crippen LogP contribution in [-0.4, -0.2) is 5.71 Å². The summed E-state index contributed by atoms with van der Waals surface area (Å²) in [6.07, 6.45) is -14.9. The van der Waals surface area contributed by atoms with Crippen molar-refractivity contribution in [3.63, 3.8) is 0 Å². The number of hydrogen-bond acceptors (Lipinski definition) is 2. The van der Waals surface area contributed by atoms with Gasteiger partial charge in [0.2, 0.25) is 0 Å². The molecule has 0 unspecified atom stereocenters. The summed E-state index contributed by atoms with van der Waals surface area (Å²) >= 11 is 5.79. The van der Waals surface area contributed by atoms with E-state index < -0.39 is 58.9 Å². The largest absolute Gasteiger partial charge is 0.417 e. The second-order valence-electron chi connectivity index (χ2n) is 6.96. The molecule has 0 bridgehead atoms. The third kappa shape index (κ3) is 6.30. The highest BCUT2D eigenvalue weighted by molar-refractivity contribution is 6.31. The van der Waals surface area contributed by atoms with Crippen LogP contribution in [0, 0.1) is 5.92 Å².